The number of rotatable bonds is 4. The molecule has 0 aliphatic carbocycles. The first-order chi connectivity index (χ1) is 8.97. The van der Waals surface area contributed by atoms with E-state index in [4.69, 9.17) is 7.62 Å². The molecular weight excluding hydrogens is 379 g/mol. The van der Waals surface area contributed by atoms with Crippen LogP contribution in [0, 0.1) is 10.5 Å². The monoisotopic (exact) mass is 391 g/mol. The van der Waals surface area contributed by atoms with E-state index in [9.17, 15) is 8.42 Å². The fraction of sp³-hybridized carbons (Fsp3) is 0.0769. The summed E-state index contributed by atoms with van der Waals surface area (Å²) in [5.41, 5.74) is 0.993. The third kappa shape index (κ3) is 3.92. The molecule has 0 aliphatic rings. The Labute approximate surface area is 123 Å². The Morgan fingerprint density at radius 2 is 1.58 bits per heavy atom. The Hall–Kier alpha value is -1.12. The molecule has 4 nitrogen and oxygen atoms in total. The molecule has 19 heavy (non-hydrogen) atoms. The molecule has 0 atom stereocenters. The number of aromatic hydroxyl groups is 1. The average Bonchev–Trinajstić information content (AvgIpc) is 2.39. The third-order valence-electron chi connectivity index (χ3n) is 2.34. The molecule has 0 amide bonds. The molecule has 0 heterocycles. The number of phenols is 1. The van der Waals surface area contributed by atoms with Crippen molar-refractivity contribution in [1.29, 1.82) is 0 Å². The van der Waals surface area contributed by atoms with E-state index >= 15 is 0 Å². The SMILES string of the molecule is Cc1ccc(S(=O)(=O)O[I-]c2ccc(O)cc2)cc1. The number of phenolic OH excluding ortho intramolecular Hbond substituents is 1. The van der Waals surface area contributed by atoms with Crippen LogP contribution >= 0.6 is 0 Å². The summed E-state index contributed by atoms with van der Waals surface area (Å²) in [6.07, 6.45) is 0. The molecule has 0 aliphatic heterocycles. The molecule has 2 aromatic rings. The molecule has 0 spiro atoms. The Kier molecular flexibility index (Phi) is 4.43. The van der Waals surface area contributed by atoms with Gasteiger partial charge >= 0.3 is 123 Å². The minimum atomic E-state index is -3.70. The second kappa shape index (κ2) is 5.89. The second-order valence-corrected chi connectivity index (χ2v) is 8.15. The van der Waals surface area contributed by atoms with Gasteiger partial charge in [-0.25, -0.2) is 0 Å². The number of hydrogen-bond donors (Lipinski definition) is 1. The molecule has 0 unspecified atom stereocenters. The molecule has 2 rings (SSSR count). The van der Waals surface area contributed by atoms with Crippen molar-refractivity contribution in [3.8, 4) is 5.75 Å². The van der Waals surface area contributed by atoms with Gasteiger partial charge in [0.2, 0.25) is 0 Å². The summed E-state index contributed by atoms with van der Waals surface area (Å²) in [7, 11) is -3.70. The van der Waals surface area contributed by atoms with Crippen molar-refractivity contribution in [3.63, 3.8) is 0 Å². The van der Waals surface area contributed by atoms with Crippen molar-refractivity contribution >= 4 is 10.1 Å². The van der Waals surface area contributed by atoms with Crippen LogP contribution in [0.5, 0.6) is 5.75 Å². The predicted molar refractivity (Wildman–Crippen MR) is 66.3 cm³/mol. The van der Waals surface area contributed by atoms with Crippen LogP contribution in [0.1, 0.15) is 5.56 Å². The maximum atomic E-state index is 11.9. The van der Waals surface area contributed by atoms with Crippen molar-refractivity contribution < 1.29 is 37.7 Å². The Morgan fingerprint density at radius 3 is 2.16 bits per heavy atom. The standard InChI is InChI=1S/C13H12IO4S/c1-10-2-8-13(9-3-10)19(16,17)18-14-11-4-6-12(15)7-5-11/h2-9,15H,1H3/q-1. The van der Waals surface area contributed by atoms with Crippen molar-refractivity contribution in [1.82, 2.24) is 0 Å². The van der Waals surface area contributed by atoms with E-state index in [1.54, 1.807) is 24.3 Å². The molecule has 2 aromatic carbocycles. The topological polar surface area (TPSA) is 63.6 Å². The molecular formula is C13H12IO4S-. The van der Waals surface area contributed by atoms with Gasteiger partial charge in [0.1, 0.15) is 0 Å². The van der Waals surface area contributed by atoms with E-state index in [-0.39, 0.29) is 10.6 Å². The molecule has 1 N–H and O–H groups in total. The Balaban J connectivity index is 2.09. The summed E-state index contributed by atoms with van der Waals surface area (Å²) in [4.78, 5) is 0.163. The number of hydrogen-bond acceptors (Lipinski definition) is 4. The van der Waals surface area contributed by atoms with E-state index in [2.05, 4.69) is 0 Å². The molecule has 0 saturated carbocycles. The van der Waals surface area contributed by atoms with E-state index in [1.165, 1.54) is 24.3 Å². The van der Waals surface area contributed by atoms with Gasteiger partial charge in [0.05, 0.1) is 0 Å². The Morgan fingerprint density at radius 1 is 1.00 bits per heavy atom. The van der Waals surface area contributed by atoms with Gasteiger partial charge in [0, 0.05) is 0 Å². The van der Waals surface area contributed by atoms with Crippen molar-refractivity contribution in [2.75, 3.05) is 0 Å². The minimum absolute atomic E-state index is 0.147. The number of aryl methyl sites for hydroxylation is 1. The van der Waals surface area contributed by atoms with E-state index in [0.717, 1.165) is 9.13 Å². The molecule has 6 heteroatoms. The van der Waals surface area contributed by atoms with E-state index in [0.29, 0.717) is 0 Å². The van der Waals surface area contributed by atoms with E-state index < -0.39 is 31.7 Å². The normalized spacial score (nSPS) is 11.6. The van der Waals surface area contributed by atoms with Gasteiger partial charge in [0.15, 0.2) is 0 Å². The van der Waals surface area contributed by atoms with Crippen LogP contribution in [0.15, 0.2) is 53.4 Å². The van der Waals surface area contributed by atoms with Crippen LogP contribution in [0.4, 0.5) is 0 Å². The molecule has 0 fully saturated rings. The van der Waals surface area contributed by atoms with E-state index in [1.807, 2.05) is 6.92 Å². The van der Waals surface area contributed by atoms with Gasteiger partial charge in [-0.15, -0.1) is 0 Å². The van der Waals surface area contributed by atoms with Gasteiger partial charge in [0.25, 0.3) is 0 Å². The Bertz CT molecular complexity index is 648. The zero-order valence-electron chi connectivity index (χ0n) is 10.1. The van der Waals surface area contributed by atoms with Crippen molar-refractivity contribution in [3.05, 3.63) is 57.7 Å². The molecule has 0 aromatic heterocycles. The van der Waals surface area contributed by atoms with Crippen LogP contribution in [-0.2, 0) is 12.6 Å². The van der Waals surface area contributed by atoms with Gasteiger partial charge in [-0.05, 0) is 0 Å². The van der Waals surface area contributed by atoms with Crippen LogP contribution in [0.2, 0.25) is 0 Å². The summed E-state index contributed by atoms with van der Waals surface area (Å²) < 4.78 is 29.7. The van der Waals surface area contributed by atoms with Gasteiger partial charge in [-0.2, -0.15) is 0 Å². The maximum absolute atomic E-state index is 11.9. The van der Waals surface area contributed by atoms with Gasteiger partial charge in [-0.3, -0.25) is 0 Å². The fourth-order valence-electron chi connectivity index (χ4n) is 1.31. The van der Waals surface area contributed by atoms with Crippen LogP contribution in [0.3, 0.4) is 0 Å². The van der Waals surface area contributed by atoms with Crippen LogP contribution < -0.4 is 21.6 Å². The fourth-order valence-corrected chi connectivity index (χ4v) is 4.62. The quantitative estimate of drug-likeness (QED) is 0.699. The van der Waals surface area contributed by atoms with Gasteiger partial charge < -0.3 is 0 Å². The molecule has 0 radical (unpaired) electrons. The summed E-state index contributed by atoms with van der Waals surface area (Å²) in [5, 5.41) is 9.14. The molecule has 102 valence electrons. The first kappa shape index (κ1) is 14.3. The van der Waals surface area contributed by atoms with Crippen molar-refractivity contribution in [2.45, 2.75) is 11.8 Å². The zero-order chi connectivity index (χ0) is 13.9. The third-order valence-corrected chi connectivity index (χ3v) is 6.61. The first-order valence-electron chi connectivity index (χ1n) is 5.41. The van der Waals surface area contributed by atoms with Crippen LogP contribution in [-0.4, -0.2) is 13.5 Å². The predicted octanol–water partition coefficient (Wildman–Crippen LogP) is -0.720. The number of halogens is 1. The van der Waals surface area contributed by atoms with Gasteiger partial charge in [-0.1, -0.05) is 0 Å². The molecule has 0 bridgehead atoms. The average molecular weight is 391 g/mol. The number of benzene rings is 2. The second-order valence-electron chi connectivity index (χ2n) is 3.88. The van der Waals surface area contributed by atoms with Crippen LogP contribution in [0.25, 0.3) is 0 Å². The first-order valence-corrected chi connectivity index (χ1v) is 8.78. The van der Waals surface area contributed by atoms with Crippen molar-refractivity contribution in [2.24, 2.45) is 0 Å². The summed E-state index contributed by atoms with van der Waals surface area (Å²) in [5.74, 6) is 0.147. The summed E-state index contributed by atoms with van der Waals surface area (Å²) in [6, 6.07) is 12.9. The molecule has 0 saturated heterocycles. The zero-order valence-corrected chi connectivity index (χ0v) is 13.1. The summed E-state index contributed by atoms with van der Waals surface area (Å²) >= 11 is -1.11. The summed E-state index contributed by atoms with van der Waals surface area (Å²) in [6.45, 7) is 1.89.